The first-order chi connectivity index (χ1) is 19.1. The summed E-state index contributed by atoms with van der Waals surface area (Å²) in [5.41, 5.74) is 1.68. The van der Waals surface area contributed by atoms with Gasteiger partial charge in [0.15, 0.2) is 11.5 Å². The number of aromatic nitrogens is 3. The van der Waals surface area contributed by atoms with E-state index in [1.807, 2.05) is 32.9 Å². The van der Waals surface area contributed by atoms with Crippen LogP contribution in [0.2, 0.25) is 0 Å². The number of rotatable bonds is 10. The summed E-state index contributed by atoms with van der Waals surface area (Å²) in [6, 6.07) is 15.6. The predicted octanol–water partition coefficient (Wildman–Crippen LogP) is 4.98. The van der Waals surface area contributed by atoms with Crippen LogP contribution in [-0.2, 0) is 16.1 Å². The minimum Gasteiger partial charge on any atom is -0.493 e. The molecule has 0 aliphatic rings. The molecule has 0 aliphatic carbocycles. The van der Waals surface area contributed by atoms with Crippen molar-refractivity contribution in [3.8, 4) is 11.5 Å². The molecule has 0 spiro atoms. The molecule has 1 atom stereocenters. The van der Waals surface area contributed by atoms with Gasteiger partial charge in [-0.2, -0.15) is 0 Å². The van der Waals surface area contributed by atoms with Crippen LogP contribution >= 0.6 is 0 Å². The van der Waals surface area contributed by atoms with Crippen LogP contribution in [0.15, 0.2) is 60.7 Å². The van der Waals surface area contributed by atoms with Crippen LogP contribution in [0.4, 0.5) is 10.1 Å². The van der Waals surface area contributed by atoms with Crippen molar-refractivity contribution >= 4 is 28.5 Å². The smallest absolute Gasteiger partial charge is 0.249 e. The number of amides is 2. The number of anilines is 1. The number of aryl methyl sites for hydroxylation is 1. The molecule has 4 aromatic rings. The van der Waals surface area contributed by atoms with Gasteiger partial charge in [-0.15, -0.1) is 5.10 Å². The van der Waals surface area contributed by atoms with Gasteiger partial charge in [-0.3, -0.25) is 14.5 Å². The zero-order chi connectivity index (χ0) is 29.0. The number of benzene rings is 3. The third-order valence-corrected chi connectivity index (χ3v) is 6.99. The number of para-hydroxylation sites is 2. The van der Waals surface area contributed by atoms with E-state index in [0.717, 1.165) is 0 Å². The molecule has 0 bridgehead atoms. The lowest BCUT2D eigenvalue weighted by Gasteiger charge is -2.35. The average Bonchev–Trinajstić information content (AvgIpc) is 3.35. The number of hydrogen-bond acceptors (Lipinski definition) is 6. The molecule has 0 fully saturated rings. The highest BCUT2D eigenvalue weighted by atomic mass is 19.1. The van der Waals surface area contributed by atoms with E-state index in [4.69, 9.17) is 9.47 Å². The molecule has 3 aromatic carbocycles. The van der Waals surface area contributed by atoms with Crippen molar-refractivity contribution in [1.29, 1.82) is 0 Å². The topological polar surface area (TPSA) is 98.6 Å². The van der Waals surface area contributed by atoms with E-state index >= 15 is 0 Å². The molecule has 1 aromatic heterocycles. The van der Waals surface area contributed by atoms with E-state index in [1.165, 1.54) is 29.9 Å². The van der Waals surface area contributed by atoms with Gasteiger partial charge >= 0.3 is 0 Å². The van der Waals surface area contributed by atoms with Crippen LogP contribution in [0.5, 0.6) is 11.5 Å². The number of carbonyl (C=O) groups is 2. The molecule has 1 heterocycles. The molecule has 0 aliphatic heterocycles. The van der Waals surface area contributed by atoms with Gasteiger partial charge in [0.2, 0.25) is 11.8 Å². The van der Waals surface area contributed by atoms with Gasteiger partial charge in [0.1, 0.15) is 23.9 Å². The molecule has 9 nitrogen and oxygen atoms in total. The summed E-state index contributed by atoms with van der Waals surface area (Å²) < 4.78 is 27.6. The van der Waals surface area contributed by atoms with Crippen LogP contribution < -0.4 is 19.7 Å². The zero-order valence-electron chi connectivity index (χ0n) is 23.6. The first kappa shape index (κ1) is 28.5. The molecule has 0 saturated carbocycles. The van der Waals surface area contributed by atoms with Gasteiger partial charge in [0.25, 0.3) is 0 Å². The first-order valence-corrected chi connectivity index (χ1v) is 13.0. The molecule has 40 heavy (non-hydrogen) atoms. The number of methoxy groups -OCH3 is 2. The van der Waals surface area contributed by atoms with E-state index in [1.54, 1.807) is 49.4 Å². The molecule has 210 valence electrons. The summed E-state index contributed by atoms with van der Waals surface area (Å²) in [7, 11) is 2.95. The average molecular weight is 548 g/mol. The van der Waals surface area contributed by atoms with E-state index in [9.17, 15) is 14.0 Å². The summed E-state index contributed by atoms with van der Waals surface area (Å²) in [5.74, 6) is -0.796. The maximum Gasteiger partial charge on any atom is 0.249 e. The minimum atomic E-state index is -1.24. The highest BCUT2D eigenvalue weighted by molar-refractivity contribution is 6.02. The fourth-order valence-corrected chi connectivity index (χ4v) is 4.42. The van der Waals surface area contributed by atoms with Crippen molar-refractivity contribution in [2.45, 2.75) is 52.2 Å². The van der Waals surface area contributed by atoms with Crippen molar-refractivity contribution in [2.24, 2.45) is 0 Å². The predicted molar refractivity (Wildman–Crippen MR) is 151 cm³/mol. The molecule has 4 rings (SSSR count). The Balaban J connectivity index is 1.92. The van der Waals surface area contributed by atoms with E-state index < -0.39 is 29.2 Å². The van der Waals surface area contributed by atoms with E-state index in [-0.39, 0.29) is 18.0 Å². The monoisotopic (exact) mass is 547 g/mol. The Morgan fingerprint density at radius 2 is 1.82 bits per heavy atom. The Bertz CT molecular complexity index is 1530. The first-order valence-electron chi connectivity index (χ1n) is 13.0. The van der Waals surface area contributed by atoms with Gasteiger partial charge in [-0.1, -0.05) is 42.5 Å². The normalized spacial score (nSPS) is 12.2. The molecular formula is C30H34FN5O4. The third-order valence-electron chi connectivity index (χ3n) is 6.99. The van der Waals surface area contributed by atoms with Crippen LogP contribution in [0.3, 0.4) is 0 Å². The molecule has 0 radical (unpaired) electrons. The number of hydrogen-bond donors (Lipinski definition) is 1. The Kier molecular flexibility index (Phi) is 8.37. The molecule has 0 unspecified atom stereocenters. The number of fused-ring (bicyclic) bond motifs is 1. The second-order valence-corrected chi connectivity index (χ2v) is 10.1. The van der Waals surface area contributed by atoms with Gasteiger partial charge in [-0.05, 0) is 63.1 Å². The van der Waals surface area contributed by atoms with Gasteiger partial charge < -0.3 is 14.8 Å². The fourth-order valence-electron chi connectivity index (χ4n) is 4.42. The van der Waals surface area contributed by atoms with Gasteiger partial charge in [0.05, 0.1) is 19.7 Å². The van der Waals surface area contributed by atoms with Crippen LogP contribution in [-0.4, -0.2) is 46.6 Å². The van der Waals surface area contributed by atoms with Gasteiger partial charge in [-0.25, -0.2) is 9.07 Å². The molecule has 1 N–H and O–H groups in total. The number of halogens is 1. The number of nitrogens with zero attached hydrogens (tertiary/aromatic N) is 4. The third kappa shape index (κ3) is 5.75. The van der Waals surface area contributed by atoms with Crippen molar-refractivity contribution in [3.05, 3.63) is 77.6 Å². The maximum atomic E-state index is 14.9. The Morgan fingerprint density at radius 3 is 2.50 bits per heavy atom. The van der Waals surface area contributed by atoms with Crippen LogP contribution in [0, 0.1) is 12.7 Å². The summed E-state index contributed by atoms with van der Waals surface area (Å²) in [5, 5.41) is 11.4. The maximum absolute atomic E-state index is 14.9. The van der Waals surface area contributed by atoms with Crippen LogP contribution in [0.25, 0.3) is 11.0 Å². The lowest BCUT2D eigenvalue weighted by Crippen LogP contribution is -2.51. The molecule has 0 saturated heterocycles. The highest BCUT2D eigenvalue weighted by Gasteiger charge is 2.38. The fraction of sp³-hybridized carbons (Fsp3) is 0.333. The highest BCUT2D eigenvalue weighted by Crippen LogP contribution is 2.39. The largest absolute Gasteiger partial charge is 0.493 e. The van der Waals surface area contributed by atoms with Gasteiger partial charge in [0, 0.05) is 16.8 Å². The molecular weight excluding hydrogens is 513 g/mol. The van der Waals surface area contributed by atoms with E-state index in [0.29, 0.717) is 34.3 Å². The Hall–Kier alpha value is -4.47. The summed E-state index contributed by atoms with van der Waals surface area (Å²) in [6.07, 6.45) is 0.638. The molecule has 10 heteroatoms. The lowest BCUT2D eigenvalue weighted by molar-refractivity contribution is -0.128. The van der Waals surface area contributed by atoms with E-state index in [2.05, 4.69) is 15.6 Å². The van der Waals surface area contributed by atoms with Crippen LogP contribution in [0.1, 0.15) is 44.4 Å². The van der Waals surface area contributed by atoms with Crippen molar-refractivity contribution in [1.82, 2.24) is 20.3 Å². The van der Waals surface area contributed by atoms with Crippen molar-refractivity contribution in [2.75, 3.05) is 19.1 Å². The Morgan fingerprint density at radius 1 is 1.07 bits per heavy atom. The molecule has 2 amide bonds. The lowest BCUT2D eigenvalue weighted by atomic mass is 9.97. The SMILES string of the molecule is CCC(C)(C)NC(=O)[C@@H](c1cccc(OC)c1OC)N(C(=O)Cn1nnc2ccccc21)c1ccc(C)c(F)c1. The van der Waals surface area contributed by atoms with Crippen molar-refractivity contribution in [3.63, 3.8) is 0 Å². The summed E-state index contributed by atoms with van der Waals surface area (Å²) in [4.78, 5) is 29.7. The number of carbonyl (C=O) groups excluding carboxylic acids is 2. The standard InChI is InChI=1S/C30H34FN5O4/c1-7-30(3,4)32-29(38)27(21-11-10-14-25(39-5)28(21)40-6)36(20-16-15-19(2)22(31)17-20)26(37)18-35-24-13-9-8-12-23(24)33-34-35/h8-17,27H,7,18H2,1-6H3,(H,32,38)/t27-/m1/s1. The zero-order valence-corrected chi connectivity index (χ0v) is 23.6. The summed E-state index contributed by atoms with van der Waals surface area (Å²) >= 11 is 0. The quantitative estimate of drug-likeness (QED) is 0.301. The van der Waals surface area contributed by atoms with Crippen molar-refractivity contribution < 1.29 is 23.5 Å². The second kappa shape index (κ2) is 11.7. The second-order valence-electron chi connectivity index (χ2n) is 10.1. The Labute approximate surface area is 232 Å². The number of nitrogens with one attached hydrogen (secondary N) is 1. The minimum absolute atomic E-state index is 0.205. The summed E-state index contributed by atoms with van der Waals surface area (Å²) in [6.45, 7) is 7.12. The number of ether oxygens (including phenoxy) is 2.